The van der Waals surface area contributed by atoms with Crippen LogP contribution in [0.2, 0.25) is 0 Å². The molecular weight excluding hydrogens is 435 g/mol. The van der Waals surface area contributed by atoms with Gasteiger partial charge in [-0.25, -0.2) is 4.79 Å². The smallest absolute Gasteiger partial charge is 0.363 e. The van der Waals surface area contributed by atoms with Crippen LogP contribution < -0.4 is 5.32 Å². The van der Waals surface area contributed by atoms with Gasteiger partial charge in [-0.2, -0.15) is 0 Å². The Morgan fingerprint density at radius 3 is 2.26 bits per heavy atom. The second-order valence-corrected chi connectivity index (χ2v) is 8.77. The van der Waals surface area contributed by atoms with Crippen molar-refractivity contribution in [2.45, 2.75) is 38.3 Å². The summed E-state index contributed by atoms with van der Waals surface area (Å²) in [6.45, 7) is 0.959. The first-order chi connectivity index (χ1) is 14.6. The number of ether oxygens (including phenoxy) is 1. The van der Waals surface area contributed by atoms with E-state index in [1.807, 2.05) is 0 Å². The van der Waals surface area contributed by atoms with Crippen molar-refractivity contribution in [3.05, 3.63) is 39.9 Å². The van der Waals surface area contributed by atoms with Crippen molar-refractivity contribution < 1.29 is 43.1 Å². The molecule has 0 radical (unpaired) electrons. The zero-order valence-electron chi connectivity index (χ0n) is 17.4. The number of nitrogens with zero attached hydrogens (tertiary/aromatic N) is 1. The highest BCUT2D eigenvalue weighted by atomic mass is 31.2. The minimum atomic E-state index is -4.17. The number of nitro groups is 1. The molecule has 1 aromatic carbocycles. The number of nitrogens with one attached hydrogen (secondary N) is 1. The van der Waals surface area contributed by atoms with E-state index in [1.54, 1.807) is 6.92 Å². The fourth-order valence-electron chi connectivity index (χ4n) is 2.71. The lowest BCUT2D eigenvalue weighted by atomic mass is 9.96. The maximum atomic E-state index is 12.8. The second-order valence-electron chi connectivity index (χ2n) is 6.44. The highest BCUT2D eigenvalue weighted by Crippen LogP contribution is 2.51. The standard InChI is InChI=1S/C18H27N2O10P/c1-4-14(15(22)9-10-21)16(23)19-17(31(27,28-2)29-3)18(24)30-11-12-5-7-13(8-6-12)20(25)26/h5-8,14-15,17,21-22H,4,9-11H2,1-3H3,(H,19,23)/t14-,15+,17?/m1/s1. The molecule has 1 rings (SSSR count). The Bertz CT molecular complexity index is 793. The van der Waals surface area contributed by atoms with Gasteiger partial charge in [-0.05, 0) is 30.5 Å². The first kappa shape index (κ1) is 26.7. The number of amides is 1. The van der Waals surface area contributed by atoms with Gasteiger partial charge in [0.15, 0.2) is 0 Å². The minimum Gasteiger partial charge on any atom is -0.459 e. The van der Waals surface area contributed by atoms with Crippen LogP contribution in [0.25, 0.3) is 0 Å². The topological polar surface area (TPSA) is 175 Å². The molecule has 1 unspecified atom stereocenters. The number of hydrogen-bond donors (Lipinski definition) is 3. The lowest BCUT2D eigenvalue weighted by Crippen LogP contribution is -2.47. The summed E-state index contributed by atoms with van der Waals surface area (Å²) in [5.74, 6) is -4.72. The number of rotatable bonds is 13. The molecule has 0 aliphatic carbocycles. The molecule has 0 aliphatic rings. The van der Waals surface area contributed by atoms with Gasteiger partial charge in [0.1, 0.15) is 6.61 Å². The first-order valence-electron chi connectivity index (χ1n) is 9.33. The van der Waals surface area contributed by atoms with Crippen LogP contribution in [0.1, 0.15) is 25.3 Å². The Labute approximate surface area is 179 Å². The molecule has 0 saturated heterocycles. The summed E-state index contributed by atoms with van der Waals surface area (Å²) in [5.41, 5.74) is 0.272. The summed E-state index contributed by atoms with van der Waals surface area (Å²) in [6.07, 6.45) is -1.06. The third-order valence-corrected chi connectivity index (χ3v) is 6.51. The van der Waals surface area contributed by atoms with Crippen LogP contribution in [-0.2, 0) is 34.5 Å². The molecule has 12 nitrogen and oxygen atoms in total. The summed E-state index contributed by atoms with van der Waals surface area (Å²) in [6, 6.07) is 5.21. The quantitative estimate of drug-likeness (QED) is 0.168. The fraction of sp³-hybridized carbons (Fsp3) is 0.556. The van der Waals surface area contributed by atoms with Crippen molar-refractivity contribution in [1.29, 1.82) is 0 Å². The van der Waals surface area contributed by atoms with E-state index in [1.165, 1.54) is 24.3 Å². The zero-order valence-corrected chi connectivity index (χ0v) is 18.3. The molecule has 0 spiro atoms. The maximum Gasteiger partial charge on any atom is 0.363 e. The first-order valence-corrected chi connectivity index (χ1v) is 10.9. The second kappa shape index (κ2) is 12.5. The Hall–Kier alpha value is -2.37. The number of carbonyl (C=O) groups is 2. The molecule has 0 aliphatic heterocycles. The maximum absolute atomic E-state index is 12.8. The van der Waals surface area contributed by atoms with E-state index in [0.29, 0.717) is 5.56 Å². The molecule has 0 heterocycles. The van der Waals surface area contributed by atoms with Crippen LogP contribution in [0.15, 0.2) is 24.3 Å². The average molecular weight is 462 g/mol. The number of aliphatic hydroxyl groups is 2. The fourth-order valence-corrected chi connectivity index (χ4v) is 3.90. The summed E-state index contributed by atoms with van der Waals surface area (Å²) in [7, 11) is -2.10. The van der Waals surface area contributed by atoms with Crippen LogP contribution in [0.4, 0.5) is 5.69 Å². The van der Waals surface area contributed by atoms with E-state index >= 15 is 0 Å². The van der Waals surface area contributed by atoms with Gasteiger partial charge in [0, 0.05) is 33.0 Å². The third kappa shape index (κ3) is 7.37. The van der Waals surface area contributed by atoms with Crippen LogP contribution in [0.3, 0.4) is 0 Å². The van der Waals surface area contributed by atoms with Gasteiger partial charge in [-0.15, -0.1) is 0 Å². The Kier molecular flexibility index (Phi) is 10.7. The number of carbonyl (C=O) groups excluding carboxylic acids is 2. The monoisotopic (exact) mass is 462 g/mol. The molecule has 0 aromatic heterocycles. The van der Waals surface area contributed by atoms with E-state index in [-0.39, 0.29) is 31.7 Å². The summed E-state index contributed by atoms with van der Waals surface area (Å²) in [4.78, 5) is 35.3. The van der Waals surface area contributed by atoms with E-state index in [2.05, 4.69) is 5.32 Å². The van der Waals surface area contributed by atoms with Crippen molar-refractivity contribution >= 4 is 25.2 Å². The molecule has 31 heavy (non-hydrogen) atoms. The van der Waals surface area contributed by atoms with Crippen molar-refractivity contribution in [3.63, 3.8) is 0 Å². The van der Waals surface area contributed by atoms with E-state index in [0.717, 1.165) is 14.2 Å². The van der Waals surface area contributed by atoms with Crippen LogP contribution in [0.5, 0.6) is 0 Å². The Morgan fingerprint density at radius 2 is 1.81 bits per heavy atom. The predicted molar refractivity (Wildman–Crippen MR) is 108 cm³/mol. The van der Waals surface area contributed by atoms with E-state index < -0.39 is 42.2 Å². The molecule has 174 valence electrons. The van der Waals surface area contributed by atoms with Gasteiger partial charge in [0.25, 0.3) is 5.69 Å². The Morgan fingerprint density at radius 1 is 1.23 bits per heavy atom. The SMILES string of the molecule is CC[C@@H](C(=O)NC(C(=O)OCc1ccc([N+](=O)[O-])cc1)P(=O)(OC)OC)[C@@H](O)CCO. The lowest BCUT2D eigenvalue weighted by molar-refractivity contribution is -0.384. The third-order valence-electron chi connectivity index (χ3n) is 4.52. The molecule has 1 aromatic rings. The zero-order chi connectivity index (χ0) is 23.6. The Balaban J connectivity index is 2.99. The summed E-state index contributed by atoms with van der Waals surface area (Å²) in [5, 5.41) is 32.0. The van der Waals surface area contributed by atoms with Crippen LogP contribution in [-0.4, -0.2) is 59.7 Å². The van der Waals surface area contributed by atoms with Crippen molar-refractivity contribution in [2.75, 3.05) is 20.8 Å². The molecule has 13 heteroatoms. The number of nitro benzene ring substituents is 1. The van der Waals surface area contributed by atoms with Crippen molar-refractivity contribution in [2.24, 2.45) is 5.92 Å². The molecule has 1 amide bonds. The molecule has 0 saturated carbocycles. The van der Waals surface area contributed by atoms with Gasteiger partial charge in [-0.3, -0.25) is 19.5 Å². The summed E-state index contributed by atoms with van der Waals surface area (Å²) >= 11 is 0. The molecule has 3 N–H and O–H groups in total. The number of benzene rings is 1. The predicted octanol–water partition coefficient (Wildman–Crippen LogP) is 1.34. The molecule has 0 fully saturated rings. The number of aliphatic hydroxyl groups excluding tert-OH is 2. The average Bonchev–Trinajstić information content (AvgIpc) is 2.76. The van der Waals surface area contributed by atoms with Crippen molar-refractivity contribution in [3.8, 4) is 0 Å². The van der Waals surface area contributed by atoms with Gasteiger partial charge in [0.2, 0.25) is 11.7 Å². The molecule has 0 bridgehead atoms. The van der Waals surface area contributed by atoms with E-state index in [9.17, 15) is 29.4 Å². The normalized spacial score (nSPS) is 14.4. The molecular formula is C18H27N2O10P. The number of non-ortho nitro benzene ring substituents is 1. The van der Waals surface area contributed by atoms with Gasteiger partial charge in [0.05, 0.1) is 16.9 Å². The lowest BCUT2D eigenvalue weighted by Gasteiger charge is -2.27. The highest BCUT2D eigenvalue weighted by Gasteiger charge is 2.44. The largest absolute Gasteiger partial charge is 0.459 e. The van der Waals surface area contributed by atoms with Gasteiger partial charge in [-0.1, -0.05) is 6.92 Å². The van der Waals surface area contributed by atoms with Crippen LogP contribution >= 0.6 is 7.60 Å². The molecule has 3 atom stereocenters. The minimum absolute atomic E-state index is 0.0621. The van der Waals surface area contributed by atoms with Gasteiger partial charge >= 0.3 is 13.6 Å². The number of hydrogen-bond acceptors (Lipinski definition) is 10. The number of esters is 1. The highest BCUT2D eigenvalue weighted by molar-refractivity contribution is 7.55. The van der Waals surface area contributed by atoms with Crippen LogP contribution in [0, 0.1) is 16.0 Å². The van der Waals surface area contributed by atoms with Gasteiger partial charge < -0.3 is 29.3 Å². The summed E-state index contributed by atoms with van der Waals surface area (Å²) < 4.78 is 27.6. The van der Waals surface area contributed by atoms with Crippen molar-refractivity contribution in [1.82, 2.24) is 5.32 Å². The van der Waals surface area contributed by atoms with E-state index in [4.69, 9.17) is 18.9 Å².